The normalized spacial score (nSPS) is 20.2. The van der Waals surface area contributed by atoms with E-state index >= 15 is 0 Å². The molecule has 1 aromatic carbocycles. The average molecular weight is 317 g/mol. The van der Waals surface area contributed by atoms with E-state index in [-0.39, 0.29) is 24.1 Å². The van der Waals surface area contributed by atoms with Crippen molar-refractivity contribution in [3.05, 3.63) is 35.4 Å². The van der Waals surface area contributed by atoms with Gasteiger partial charge in [-0.2, -0.15) is 0 Å². The Hall–Kier alpha value is -2.50. The highest BCUT2D eigenvalue weighted by Crippen LogP contribution is 2.38. The van der Waals surface area contributed by atoms with Gasteiger partial charge in [-0.15, -0.1) is 0 Å². The van der Waals surface area contributed by atoms with Gasteiger partial charge in [-0.25, -0.2) is 0 Å². The molecule has 2 amide bonds. The third kappa shape index (κ3) is 2.54. The Balaban J connectivity index is 2.69. The summed E-state index contributed by atoms with van der Waals surface area (Å²) in [5.41, 5.74) is -1.29. The zero-order valence-corrected chi connectivity index (χ0v) is 13.2. The molecule has 23 heavy (non-hydrogen) atoms. The van der Waals surface area contributed by atoms with Crippen LogP contribution in [0.3, 0.4) is 0 Å². The van der Waals surface area contributed by atoms with E-state index in [1.165, 1.54) is 6.07 Å². The minimum absolute atomic E-state index is 0.208. The fourth-order valence-corrected chi connectivity index (χ4v) is 2.92. The average Bonchev–Trinajstić information content (AvgIpc) is 2.58. The van der Waals surface area contributed by atoms with Gasteiger partial charge in [-0.05, 0) is 18.1 Å². The Kier molecular flexibility index (Phi) is 4.93. The molecule has 2 rings (SSSR count). The molecule has 0 aromatic heterocycles. The number of hydrogen-bond donors (Lipinski definition) is 0. The van der Waals surface area contributed by atoms with Crippen molar-refractivity contribution in [2.75, 3.05) is 13.7 Å². The lowest BCUT2D eigenvalue weighted by Gasteiger charge is -2.38. The second-order valence-corrected chi connectivity index (χ2v) is 5.43. The van der Waals surface area contributed by atoms with Crippen molar-refractivity contribution in [3.8, 4) is 0 Å². The highest BCUT2D eigenvalue weighted by molar-refractivity contribution is 6.21. The largest absolute Gasteiger partial charge is 0.468 e. The summed E-state index contributed by atoms with van der Waals surface area (Å²) in [6, 6.07) is 6.38. The number of aldehydes is 1. The van der Waals surface area contributed by atoms with Gasteiger partial charge in [0.1, 0.15) is 6.29 Å². The predicted octanol–water partition coefficient (Wildman–Crippen LogP) is 1.47. The zero-order valence-electron chi connectivity index (χ0n) is 13.2. The van der Waals surface area contributed by atoms with Crippen molar-refractivity contribution in [1.29, 1.82) is 0 Å². The number of benzene rings is 1. The fraction of sp³-hybridized carbons (Fsp3) is 0.412. The fourth-order valence-electron chi connectivity index (χ4n) is 2.92. The smallest absolute Gasteiger partial charge is 0.326 e. The number of ether oxygens (including phenoxy) is 1. The van der Waals surface area contributed by atoms with Gasteiger partial charge in [0.05, 0.1) is 7.11 Å². The van der Waals surface area contributed by atoms with Crippen LogP contribution in [-0.4, -0.2) is 42.6 Å². The monoisotopic (exact) mass is 317 g/mol. The van der Waals surface area contributed by atoms with Crippen LogP contribution in [0.4, 0.5) is 0 Å². The molecule has 1 unspecified atom stereocenters. The molecule has 0 spiro atoms. The van der Waals surface area contributed by atoms with E-state index in [9.17, 15) is 19.2 Å². The second-order valence-electron chi connectivity index (χ2n) is 5.43. The summed E-state index contributed by atoms with van der Waals surface area (Å²) in [6.45, 7) is 2.14. The summed E-state index contributed by atoms with van der Waals surface area (Å²) in [5, 5.41) is 0. The highest BCUT2D eigenvalue weighted by atomic mass is 16.5. The van der Waals surface area contributed by atoms with Crippen molar-refractivity contribution >= 4 is 24.1 Å². The number of esters is 1. The van der Waals surface area contributed by atoms with Crippen LogP contribution >= 0.6 is 0 Å². The van der Waals surface area contributed by atoms with Crippen molar-refractivity contribution in [3.63, 3.8) is 0 Å². The van der Waals surface area contributed by atoms with Crippen LogP contribution in [0.25, 0.3) is 0 Å². The van der Waals surface area contributed by atoms with E-state index in [0.29, 0.717) is 12.7 Å². The Bertz CT molecular complexity index is 654. The maximum absolute atomic E-state index is 13.0. The first-order valence-corrected chi connectivity index (χ1v) is 7.52. The summed E-state index contributed by atoms with van der Waals surface area (Å²) in [7, 11) is 1.16. The van der Waals surface area contributed by atoms with Crippen molar-refractivity contribution < 1.29 is 23.9 Å². The molecule has 1 aliphatic rings. The molecule has 1 aromatic rings. The van der Waals surface area contributed by atoms with Gasteiger partial charge in [-0.3, -0.25) is 19.3 Å². The number of unbranched alkanes of at least 4 members (excludes halogenated alkanes) is 1. The van der Waals surface area contributed by atoms with Gasteiger partial charge in [0, 0.05) is 18.5 Å². The first-order valence-electron chi connectivity index (χ1n) is 7.52. The van der Waals surface area contributed by atoms with Crippen molar-refractivity contribution in [1.82, 2.24) is 4.90 Å². The number of hydrogen-bond acceptors (Lipinski definition) is 5. The number of methoxy groups -OCH3 is 1. The topological polar surface area (TPSA) is 80.8 Å². The van der Waals surface area contributed by atoms with Gasteiger partial charge < -0.3 is 9.53 Å². The molecule has 0 N–H and O–H groups in total. The summed E-state index contributed by atoms with van der Waals surface area (Å²) in [4.78, 5) is 50.3. The molecule has 1 atom stereocenters. The number of nitrogens with zero attached hydrogens (tertiary/aromatic N) is 1. The van der Waals surface area contributed by atoms with Crippen LogP contribution in [0, 0.1) is 0 Å². The summed E-state index contributed by atoms with van der Waals surface area (Å²) < 4.78 is 4.80. The first-order chi connectivity index (χ1) is 11.0. The third-order valence-electron chi connectivity index (χ3n) is 4.13. The van der Waals surface area contributed by atoms with E-state index in [4.69, 9.17) is 4.74 Å². The van der Waals surface area contributed by atoms with Crippen LogP contribution < -0.4 is 0 Å². The van der Waals surface area contributed by atoms with Crippen LogP contribution in [0.2, 0.25) is 0 Å². The molecule has 6 heteroatoms. The van der Waals surface area contributed by atoms with Crippen LogP contribution in [-0.2, 0) is 24.5 Å². The minimum Gasteiger partial charge on any atom is -0.468 e. The van der Waals surface area contributed by atoms with Gasteiger partial charge in [0.2, 0.25) is 0 Å². The van der Waals surface area contributed by atoms with Gasteiger partial charge in [0.15, 0.2) is 5.41 Å². The van der Waals surface area contributed by atoms with E-state index in [2.05, 4.69) is 0 Å². The number of carbonyl (C=O) groups is 4. The summed E-state index contributed by atoms with van der Waals surface area (Å²) in [5.74, 6) is -1.95. The summed E-state index contributed by atoms with van der Waals surface area (Å²) >= 11 is 0. The van der Waals surface area contributed by atoms with E-state index < -0.39 is 23.2 Å². The van der Waals surface area contributed by atoms with Crippen molar-refractivity contribution in [2.45, 2.75) is 31.6 Å². The molecule has 0 saturated heterocycles. The molecule has 1 aliphatic heterocycles. The maximum atomic E-state index is 13.0. The van der Waals surface area contributed by atoms with Crippen LogP contribution in [0.5, 0.6) is 0 Å². The second kappa shape index (κ2) is 6.73. The third-order valence-corrected chi connectivity index (χ3v) is 4.13. The van der Waals surface area contributed by atoms with E-state index in [0.717, 1.165) is 18.4 Å². The lowest BCUT2D eigenvalue weighted by molar-refractivity contribution is -0.157. The maximum Gasteiger partial charge on any atom is 0.326 e. The van der Waals surface area contributed by atoms with Gasteiger partial charge in [0.25, 0.3) is 11.8 Å². The molecule has 6 nitrogen and oxygen atoms in total. The number of imide groups is 1. The quantitative estimate of drug-likeness (QED) is 0.343. The van der Waals surface area contributed by atoms with E-state index in [1.54, 1.807) is 18.2 Å². The number of fused-ring (bicyclic) bond motifs is 1. The molecule has 0 fully saturated rings. The molecule has 122 valence electrons. The number of carbonyl (C=O) groups excluding carboxylic acids is 4. The Morgan fingerprint density at radius 3 is 2.61 bits per heavy atom. The molecule has 1 heterocycles. The number of rotatable bonds is 6. The van der Waals surface area contributed by atoms with Gasteiger partial charge in [-0.1, -0.05) is 31.5 Å². The molecule has 0 radical (unpaired) electrons. The van der Waals surface area contributed by atoms with Crippen molar-refractivity contribution in [2.24, 2.45) is 0 Å². The van der Waals surface area contributed by atoms with Gasteiger partial charge >= 0.3 is 5.97 Å². The Labute approximate surface area is 134 Å². The molecular weight excluding hydrogens is 298 g/mol. The lowest BCUT2D eigenvalue weighted by Crippen LogP contribution is -2.58. The zero-order chi connectivity index (χ0) is 17.0. The van der Waals surface area contributed by atoms with Crippen LogP contribution in [0.15, 0.2) is 24.3 Å². The first kappa shape index (κ1) is 16.9. The number of amides is 2. The standard InChI is InChI=1S/C17H19NO5/c1-3-4-10-18-14(20)12-7-5-6-8-13(12)17(9-11-19,15(18)21)16(22)23-2/h5-8,11H,3-4,9-10H2,1-2H3. The molecule has 0 saturated carbocycles. The Morgan fingerprint density at radius 1 is 1.30 bits per heavy atom. The minimum atomic E-state index is -1.78. The lowest BCUT2D eigenvalue weighted by atomic mass is 9.72. The highest BCUT2D eigenvalue weighted by Gasteiger charge is 2.56. The molecular formula is C17H19NO5. The van der Waals surface area contributed by atoms with E-state index in [1.807, 2.05) is 6.92 Å². The molecule has 0 aliphatic carbocycles. The Morgan fingerprint density at radius 2 is 2.00 bits per heavy atom. The predicted molar refractivity (Wildman–Crippen MR) is 81.8 cm³/mol. The summed E-state index contributed by atoms with van der Waals surface area (Å²) in [6.07, 6.45) is 1.57. The molecule has 0 bridgehead atoms. The SMILES string of the molecule is CCCCN1C(=O)c2ccccc2C(CC=O)(C(=O)OC)C1=O. The van der Waals surface area contributed by atoms with Crippen LogP contribution in [0.1, 0.15) is 42.1 Å².